The van der Waals surface area contributed by atoms with Crippen molar-refractivity contribution < 1.29 is 19.1 Å². The Morgan fingerprint density at radius 3 is 2.36 bits per heavy atom. The summed E-state index contributed by atoms with van der Waals surface area (Å²) in [5.41, 5.74) is 0. The maximum atomic E-state index is 12.4. The molecule has 0 fully saturated rings. The minimum atomic E-state index is -0.692. The maximum absolute atomic E-state index is 12.4. The van der Waals surface area contributed by atoms with Crippen molar-refractivity contribution in [3.05, 3.63) is 23.4 Å². The van der Waals surface area contributed by atoms with Crippen LogP contribution in [0.2, 0.25) is 5.02 Å². The molecule has 2 atom stereocenters. The van der Waals surface area contributed by atoms with E-state index in [1.54, 1.807) is 32.9 Å². The Morgan fingerprint density at radius 1 is 1.16 bits per heavy atom. The normalized spacial score (nSPS) is 13.3. The molecule has 1 aromatic rings. The van der Waals surface area contributed by atoms with E-state index in [1.807, 2.05) is 13.8 Å². The standard InChI is InChI=1S/C17H26ClN3O4/c1-10(2)15(21-17(23)25-11(3)4)16(22)20-12(5)9-24-14-7-6-13(18)8-19-14/h6-8,10-12,15H,9H2,1-5H3,(H,20,22)(H,21,23)/t12?,15-/m0/s1. The number of alkyl carbamates (subject to hydrolysis) is 1. The summed E-state index contributed by atoms with van der Waals surface area (Å²) in [6.07, 6.45) is 0.618. The van der Waals surface area contributed by atoms with E-state index >= 15 is 0 Å². The fourth-order valence-electron chi connectivity index (χ4n) is 1.94. The summed E-state index contributed by atoms with van der Waals surface area (Å²) in [5, 5.41) is 5.93. The van der Waals surface area contributed by atoms with E-state index in [0.29, 0.717) is 10.9 Å². The summed E-state index contributed by atoms with van der Waals surface area (Å²) in [5.74, 6) is 0.0335. The van der Waals surface area contributed by atoms with E-state index < -0.39 is 12.1 Å². The number of amides is 2. The van der Waals surface area contributed by atoms with E-state index in [4.69, 9.17) is 21.1 Å². The van der Waals surface area contributed by atoms with Crippen molar-refractivity contribution in [2.75, 3.05) is 6.61 Å². The second kappa shape index (κ2) is 10.1. The molecule has 1 unspecified atom stereocenters. The maximum Gasteiger partial charge on any atom is 0.408 e. The molecule has 0 aliphatic heterocycles. The SMILES string of the molecule is CC(COc1ccc(Cl)cn1)NC(=O)[C@@H](NC(=O)OC(C)C)C(C)C. The summed E-state index contributed by atoms with van der Waals surface area (Å²) in [6, 6.07) is 2.36. The molecule has 0 aliphatic rings. The van der Waals surface area contributed by atoms with Gasteiger partial charge >= 0.3 is 6.09 Å². The van der Waals surface area contributed by atoms with Crippen LogP contribution in [0.15, 0.2) is 18.3 Å². The lowest BCUT2D eigenvalue weighted by molar-refractivity contribution is -0.124. The predicted octanol–water partition coefficient (Wildman–Crippen LogP) is 2.78. The summed E-state index contributed by atoms with van der Waals surface area (Å²) in [7, 11) is 0. The Hall–Kier alpha value is -2.02. The van der Waals surface area contributed by atoms with Crippen molar-refractivity contribution in [2.24, 2.45) is 5.92 Å². The first-order valence-corrected chi connectivity index (χ1v) is 8.58. The highest BCUT2D eigenvalue weighted by Gasteiger charge is 2.26. The molecular weight excluding hydrogens is 346 g/mol. The molecular formula is C17H26ClN3O4. The number of carbonyl (C=O) groups excluding carboxylic acids is 2. The van der Waals surface area contributed by atoms with Gasteiger partial charge in [-0.15, -0.1) is 0 Å². The van der Waals surface area contributed by atoms with Crippen LogP contribution in [-0.4, -0.2) is 41.8 Å². The van der Waals surface area contributed by atoms with E-state index in [1.165, 1.54) is 6.20 Å². The molecule has 0 aliphatic carbocycles. The Bertz CT molecular complexity index is 564. The average Bonchev–Trinajstić information content (AvgIpc) is 2.51. The van der Waals surface area contributed by atoms with Crippen LogP contribution in [0.5, 0.6) is 5.88 Å². The third-order valence-electron chi connectivity index (χ3n) is 3.14. The number of aromatic nitrogens is 1. The number of pyridine rings is 1. The van der Waals surface area contributed by atoms with Crippen molar-refractivity contribution in [3.63, 3.8) is 0 Å². The zero-order valence-corrected chi connectivity index (χ0v) is 16.0. The molecule has 0 saturated carbocycles. The molecule has 7 nitrogen and oxygen atoms in total. The highest BCUT2D eigenvalue weighted by atomic mass is 35.5. The zero-order chi connectivity index (χ0) is 19.0. The first-order chi connectivity index (χ1) is 11.7. The molecule has 0 bridgehead atoms. The average molecular weight is 372 g/mol. The van der Waals surface area contributed by atoms with Crippen LogP contribution in [0.3, 0.4) is 0 Å². The number of halogens is 1. The Labute approximate surface area is 153 Å². The molecule has 0 radical (unpaired) electrons. The monoisotopic (exact) mass is 371 g/mol. The third kappa shape index (κ3) is 8.07. The van der Waals surface area contributed by atoms with Gasteiger partial charge in [0.25, 0.3) is 0 Å². The van der Waals surface area contributed by atoms with Crippen molar-refractivity contribution in [3.8, 4) is 5.88 Å². The molecule has 8 heteroatoms. The van der Waals surface area contributed by atoms with Gasteiger partial charge in [-0.2, -0.15) is 0 Å². The lowest BCUT2D eigenvalue weighted by Gasteiger charge is -2.24. The third-order valence-corrected chi connectivity index (χ3v) is 3.36. The Kier molecular flexibility index (Phi) is 8.48. The van der Waals surface area contributed by atoms with E-state index in [-0.39, 0.29) is 30.6 Å². The number of rotatable bonds is 8. The molecule has 0 aromatic carbocycles. The number of carbonyl (C=O) groups is 2. The molecule has 1 heterocycles. The van der Waals surface area contributed by atoms with Crippen molar-refractivity contribution >= 4 is 23.6 Å². The second-order valence-corrected chi connectivity index (χ2v) is 6.79. The summed E-state index contributed by atoms with van der Waals surface area (Å²) >= 11 is 5.76. The van der Waals surface area contributed by atoms with Gasteiger partial charge in [0.05, 0.1) is 17.2 Å². The number of nitrogens with zero attached hydrogens (tertiary/aromatic N) is 1. The second-order valence-electron chi connectivity index (χ2n) is 6.36. The van der Waals surface area contributed by atoms with Crippen LogP contribution < -0.4 is 15.4 Å². The van der Waals surface area contributed by atoms with Crippen molar-refractivity contribution in [1.29, 1.82) is 0 Å². The van der Waals surface area contributed by atoms with E-state index in [9.17, 15) is 9.59 Å². The first kappa shape index (κ1) is 21.0. The van der Waals surface area contributed by atoms with Gasteiger partial charge in [-0.3, -0.25) is 4.79 Å². The predicted molar refractivity (Wildman–Crippen MR) is 95.7 cm³/mol. The molecule has 2 N–H and O–H groups in total. The topological polar surface area (TPSA) is 89.5 Å². The summed E-state index contributed by atoms with van der Waals surface area (Å²) in [6.45, 7) is 9.22. The molecule has 2 amide bonds. The van der Waals surface area contributed by atoms with Crippen LogP contribution in [-0.2, 0) is 9.53 Å². The smallest absolute Gasteiger partial charge is 0.408 e. The van der Waals surface area contributed by atoms with Crippen molar-refractivity contribution in [2.45, 2.75) is 52.8 Å². The minimum Gasteiger partial charge on any atom is -0.475 e. The Balaban J connectivity index is 2.51. The lowest BCUT2D eigenvalue weighted by Crippen LogP contribution is -2.52. The van der Waals surface area contributed by atoms with Crippen LogP contribution in [0.4, 0.5) is 4.79 Å². The van der Waals surface area contributed by atoms with Gasteiger partial charge in [0.1, 0.15) is 12.6 Å². The van der Waals surface area contributed by atoms with Crippen molar-refractivity contribution in [1.82, 2.24) is 15.6 Å². The van der Waals surface area contributed by atoms with Gasteiger partial charge in [0.15, 0.2) is 0 Å². The van der Waals surface area contributed by atoms with Gasteiger partial charge in [-0.05, 0) is 32.8 Å². The molecule has 140 valence electrons. The largest absolute Gasteiger partial charge is 0.475 e. The van der Waals surface area contributed by atoms with Crippen LogP contribution in [0, 0.1) is 5.92 Å². The van der Waals surface area contributed by atoms with E-state index in [2.05, 4.69) is 15.6 Å². The van der Waals surface area contributed by atoms with Gasteiger partial charge in [-0.1, -0.05) is 25.4 Å². The van der Waals surface area contributed by atoms with Gasteiger partial charge in [0.2, 0.25) is 11.8 Å². The summed E-state index contributed by atoms with van der Waals surface area (Å²) in [4.78, 5) is 28.2. The molecule has 0 spiro atoms. The molecule has 1 rings (SSSR count). The van der Waals surface area contributed by atoms with Gasteiger partial charge < -0.3 is 20.1 Å². The number of ether oxygens (including phenoxy) is 2. The number of hydrogen-bond donors (Lipinski definition) is 2. The molecule has 1 aromatic heterocycles. The lowest BCUT2D eigenvalue weighted by atomic mass is 10.0. The summed E-state index contributed by atoms with van der Waals surface area (Å²) < 4.78 is 10.5. The highest BCUT2D eigenvalue weighted by Crippen LogP contribution is 2.11. The van der Waals surface area contributed by atoms with Crippen LogP contribution in [0.1, 0.15) is 34.6 Å². The molecule has 0 saturated heterocycles. The first-order valence-electron chi connectivity index (χ1n) is 8.21. The van der Waals surface area contributed by atoms with Crippen LogP contribution >= 0.6 is 11.6 Å². The number of nitrogens with one attached hydrogen (secondary N) is 2. The fraction of sp³-hybridized carbons (Fsp3) is 0.588. The zero-order valence-electron chi connectivity index (χ0n) is 15.2. The Morgan fingerprint density at radius 2 is 1.84 bits per heavy atom. The van der Waals surface area contributed by atoms with Crippen LogP contribution in [0.25, 0.3) is 0 Å². The number of hydrogen-bond acceptors (Lipinski definition) is 5. The van der Waals surface area contributed by atoms with Gasteiger partial charge in [-0.25, -0.2) is 9.78 Å². The highest BCUT2D eigenvalue weighted by molar-refractivity contribution is 6.30. The minimum absolute atomic E-state index is 0.0919. The molecule has 25 heavy (non-hydrogen) atoms. The quantitative estimate of drug-likeness (QED) is 0.733. The van der Waals surface area contributed by atoms with E-state index in [0.717, 1.165) is 0 Å². The fourth-order valence-corrected chi connectivity index (χ4v) is 2.05. The van der Waals surface area contributed by atoms with Gasteiger partial charge in [0, 0.05) is 12.3 Å².